The molecule has 0 aliphatic carbocycles. The van der Waals surface area contributed by atoms with Crippen molar-refractivity contribution < 1.29 is 22.4 Å². The van der Waals surface area contributed by atoms with E-state index in [4.69, 9.17) is 0 Å². The molecule has 1 aromatic carbocycles. The van der Waals surface area contributed by atoms with Crippen LogP contribution in [0.1, 0.15) is 33.0 Å². The molecule has 0 atom stereocenters. The second-order valence-corrected chi connectivity index (χ2v) is 7.46. The Balaban J connectivity index is 1.48. The number of hydrogen-bond acceptors (Lipinski definition) is 5. The molecule has 166 valence electrons. The van der Waals surface area contributed by atoms with E-state index in [9.17, 15) is 27.2 Å². The average molecular weight is 447 g/mol. The molecular weight excluding hydrogens is 430 g/mol. The fourth-order valence-electron chi connectivity index (χ4n) is 3.69. The largest absolute Gasteiger partial charge is 0.416 e. The van der Waals surface area contributed by atoms with Gasteiger partial charge in [0.15, 0.2) is 0 Å². The van der Waals surface area contributed by atoms with E-state index in [1.54, 1.807) is 6.07 Å². The van der Waals surface area contributed by atoms with Crippen LogP contribution in [0.15, 0.2) is 53.7 Å². The minimum Gasteiger partial charge on any atom is -0.328 e. The first-order valence-corrected chi connectivity index (χ1v) is 9.59. The van der Waals surface area contributed by atoms with Crippen molar-refractivity contribution in [1.82, 2.24) is 20.1 Å². The number of halogens is 4. The lowest BCUT2D eigenvalue weighted by Crippen LogP contribution is -2.45. The highest BCUT2D eigenvalue weighted by Gasteiger charge is 2.34. The smallest absolute Gasteiger partial charge is 0.328 e. The molecule has 1 aliphatic rings. The molecule has 0 radical (unpaired) electrons. The van der Waals surface area contributed by atoms with Crippen LogP contribution in [0.4, 0.5) is 23.2 Å². The van der Waals surface area contributed by atoms with E-state index in [1.165, 1.54) is 24.7 Å². The lowest BCUT2D eigenvalue weighted by atomic mass is 9.88. The summed E-state index contributed by atoms with van der Waals surface area (Å²) in [5.74, 6) is -1.73. The third-order valence-electron chi connectivity index (χ3n) is 5.15. The number of rotatable bonds is 5. The van der Waals surface area contributed by atoms with Crippen LogP contribution in [0.5, 0.6) is 0 Å². The molecule has 1 saturated heterocycles. The standard InChI is InChI=1S/C21H17F4N5O2/c22-15-6-12(5-14(7-15)21(23,24)25)9-30-10-13(11-30)17-2-3-26-19(31)18(17)20(32)29-16-1-4-27-28-8-16/h1-8,13H,9-11H2,(H,26,31)(H,27,29,32). The maximum atomic E-state index is 13.6. The van der Waals surface area contributed by atoms with Crippen molar-refractivity contribution in [3.63, 3.8) is 0 Å². The summed E-state index contributed by atoms with van der Waals surface area (Å²) >= 11 is 0. The van der Waals surface area contributed by atoms with Crippen LogP contribution in [0.2, 0.25) is 0 Å². The number of nitrogens with one attached hydrogen (secondary N) is 2. The first-order valence-electron chi connectivity index (χ1n) is 9.59. The minimum absolute atomic E-state index is 0.0425. The molecule has 0 spiro atoms. The average Bonchev–Trinajstić information content (AvgIpc) is 2.70. The Morgan fingerprint density at radius 1 is 1.19 bits per heavy atom. The van der Waals surface area contributed by atoms with Crippen molar-refractivity contribution in [2.45, 2.75) is 18.6 Å². The molecule has 4 rings (SSSR count). The van der Waals surface area contributed by atoms with Gasteiger partial charge in [-0.05, 0) is 41.5 Å². The highest BCUT2D eigenvalue weighted by molar-refractivity contribution is 6.05. The van der Waals surface area contributed by atoms with Gasteiger partial charge in [0, 0.05) is 31.7 Å². The van der Waals surface area contributed by atoms with Crippen molar-refractivity contribution >= 4 is 11.6 Å². The second kappa shape index (κ2) is 8.50. The van der Waals surface area contributed by atoms with Crippen LogP contribution in [0.3, 0.4) is 0 Å². The van der Waals surface area contributed by atoms with E-state index in [0.717, 1.165) is 12.1 Å². The Labute approximate surface area is 179 Å². The van der Waals surface area contributed by atoms with Crippen molar-refractivity contribution in [3.8, 4) is 0 Å². The fourth-order valence-corrected chi connectivity index (χ4v) is 3.69. The van der Waals surface area contributed by atoms with Gasteiger partial charge >= 0.3 is 6.18 Å². The number of alkyl halides is 3. The summed E-state index contributed by atoms with van der Waals surface area (Å²) in [5, 5.41) is 9.88. The Morgan fingerprint density at radius 3 is 2.66 bits per heavy atom. The summed E-state index contributed by atoms with van der Waals surface area (Å²) in [6.07, 6.45) is -0.459. The molecule has 0 saturated carbocycles. The molecule has 32 heavy (non-hydrogen) atoms. The quantitative estimate of drug-likeness (QED) is 0.587. The zero-order chi connectivity index (χ0) is 22.9. The topological polar surface area (TPSA) is 91.0 Å². The van der Waals surface area contributed by atoms with Gasteiger partial charge in [-0.25, -0.2) is 4.39 Å². The van der Waals surface area contributed by atoms with Gasteiger partial charge in [0.05, 0.1) is 23.6 Å². The first-order chi connectivity index (χ1) is 15.2. The highest BCUT2D eigenvalue weighted by atomic mass is 19.4. The molecule has 1 aliphatic heterocycles. The molecule has 0 bridgehead atoms. The molecule has 11 heteroatoms. The number of aromatic amines is 1. The van der Waals surface area contributed by atoms with E-state index in [-0.39, 0.29) is 23.6 Å². The van der Waals surface area contributed by atoms with Crippen molar-refractivity contribution in [1.29, 1.82) is 0 Å². The summed E-state index contributed by atoms with van der Waals surface area (Å²) in [6, 6.07) is 5.61. The minimum atomic E-state index is -4.63. The van der Waals surface area contributed by atoms with Crippen LogP contribution in [-0.2, 0) is 12.7 Å². The number of H-pyrrole nitrogens is 1. The number of carbonyl (C=O) groups is 1. The maximum Gasteiger partial charge on any atom is 0.416 e. The number of pyridine rings is 1. The molecule has 2 aromatic heterocycles. The number of nitrogens with zero attached hydrogens (tertiary/aromatic N) is 3. The zero-order valence-electron chi connectivity index (χ0n) is 16.5. The molecule has 1 amide bonds. The van der Waals surface area contributed by atoms with Crippen molar-refractivity contribution in [2.24, 2.45) is 0 Å². The molecule has 7 nitrogen and oxygen atoms in total. The van der Waals surface area contributed by atoms with Crippen molar-refractivity contribution in [2.75, 3.05) is 18.4 Å². The summed E-state index contributed by atoms with van der Waals surface area (Å²) in [7, 11) is 0. The predicted octanol–water partition coefficient (Wildman–Crippen LogP) is 3.17. The lowest BCUT2D eigenvalue weighted by Gasteiger charge is -2.40. The molecule has 0 unspecified atom stereocenters. The van der Waals surface area contributed by atoms with E-state index < -0.39 is 29.0 Å². The van der Waals surface area contributed by atoms with E-state index in [2.05, 4.69) is 20.5 Å². The van der Waals surface area contributed by atoms with Crippen LogP contribution in [-0.4, -0.2) is 39.1 Å². The number of hydrogen-bond donors (Lipinski definition) is 2. The number of anilines is 1. The first kappa shape index (κ1) is 21.6. The molecule has 3 heterocycles. The molecule has 3 aromatic rings. The number of aromatic nitrogens is 3. The molecular formula is C21H17F4N5O2. The van der Waals surface area contributed by atoms with Gasteiger partial charge in [-0.2, -0.15) is 23.4 Å². The van der Waals surface area contributed by atoms with Gasteiger partial charge in [-0.1, -0.05) is 0 Å². The van der Waals surface area contributed by atoms with Gasteiger partial charge in [0.2, 0.25) is 0 Å². The van der Waals surface area contributed by atoms with Gasteiger partial charge in [-0.3, -0.25) is 14.5 Å². The lowest BCUT2D eigenvalue weighted by molar-refractivity contribution is -0.137. The fraction of sp³-hybridized carbons (Fsp3) is 0.238. The van der Waals surface area contributed by atoms with Gasteiger partial charge in [0.25, 0.3) is 11.5 Å². The van der Waals surface area contributed by atoms with E-state index in [1.807, 2.05) is 4.90 Å². The maximum absolute atomic E-state index is 13.6. The van der Waals surface area contributed by atoms with Crippen LogP contribution in [0, 0.1) is 5.82 Å². The number of carbonyl (C=O) groups excluding carboxylic acids is 1. The third kappa shape index (κ3) is 4.67. The van der Waals surface area contributed by atoms with Gasteiger partial charge in [-0.15, -0.1) is 0 Å². The number of amides is 1. The summed E-state index contributed by atoms with van der Waals surface area (Å²) < 4.78 is 52.4. The molecule has 1 fully saturated rings. The van der Waals surface area contributed by atoms with E-state index >= 15 is 0 Å². The van der Waals surface area contributed by atoms with Crippen LogP contribution < -0.4 is 10.9 Å². The SMILES string of the molecule is O=C(Nc1ccnnc1)c1c(C2CN(Cc3cc(F)cc(C(F)(F)F)c3)C2)cc[nH]c1=O. The Kier molecular flexibility index (Phi) is 5.74. The Hall–Kier alpha value is -3.60. The molecule has 2 N–H and O–H groups in total. The third-order valence-corrected chi connectivity index (χ3v) is 5.15. The number of likely N-dealkylation sites (tertiary alicyclic amines) is 1. The summed E-state index contributed by atoms with van der Waals surface area (Å²) in [4.78, 5) is 29.3. The normalized spacial score (nSPS) is 14.8. The predicted molar refractivity (Wildman–Crippen MR) is 106 cm³/mol. The van der Waals surface area contributed by atoms with Gasteiger partial charge < -0.3 is 10.3 Å². The highest BCUT2D eigenvalue weighted by Crippen LogP contribution is 2.33. The van der Waals surface area contributed by atoms with Crippen molar-refractivity contribution in [3.05, 3.63) is 87.3 Å². The Bertz CT molecular complexity index is 1190. The Morgan fingerprint density at radius 2 is 1.97 bits per heavy atom. The van der Waals surface area contributed by atoms with Gasteiger partial charge in [0.1, 0.15) is 11.4 Å². The zero-order valence-corrected chi connectivity index (χ0v) is 16.5. The monoisotopic (exact) mass is 447 g/mol. The van der Waals surface area contributed by atoms with Crippen LogP contribution in [0.25, 0.3) is 0 Å². The summed E-state index contributed by atoms with van der Waals surface area (Å²) in [5.41, 5.74) is -0.534. The van der Waals surface area contributed by atoms with E-state index in [0.29, 0.717) is 30.4 Å². The van der Waals surface area contributed by atoms with Crippen LogP contribution >= 0.6 is 0 Å². The summed E-state index contributed by atoms with van der Waals surface area (Å²) in [6.45, 7) is 0.918. The second-order valence-electron chi connectivity index (χ2n) is 7.46. The number of benzene rings is 1.